The first-order valence-electron chi connectivity index (χ1n) is 4.64. The van der Waals surface area contributed by atoms with E-state index in [1.54, 1.807) is 4.52 Å². The number of hydrogen-bond donors (Lipinski definition) is 1. The lowest BCUT2D eigenvalue weighted by Crippen LogP contribution is -2.00. The fourth-order valence-corrected chi connectivity index (χ4v) is 1.60. The van der Waals surface area contributed by atoms with Crippen LogP contribution in [0.4, 0.5) is 0 Å². The van der Waals surface area contributed by atoms with Gasteiger partial charge < -0.3 is 5.11 Å². The minimum absolute atomic E-state index is 0.144. The molecule has 2 aromatic heterocycles. The highest BCUT2D eigenvalue weighted by Gasteiger charge is 2.05. The third-order valence-electron chi connectivity index (χ3n) is 2.13. The van der Waals surface area contributed by atoms with Crippen LogP contribution >= 0.6 is 0 Å². The van der Waals surface area contributed by atoms with Gasteiger partial charge in [-0.1, -0.05) is 0 Å². The average molecular weight is 191 g/mol. The smallest absolute Gasteiger partial charge is 0.157 e. The molecule has 0 bridgehead atoms. The highest BCUT2D eigenvalue weighted by molar-refractivity contribution is 5.48. The van der Waals surface area contributed by atoms with Gasteiger partial charge in [0, 0.05) is 12.2 Å². The number of fused-ring (bicyclic) bond motifs is 1. The van der Waals surface area contributed by atoms with E-state index in [1.165, 1.54) is 0 Å². The molecule has 4 nitrogen and oxygen atoms in total. The van der Waals surface area contributed by atoms with Crippen LogP contribution < -0.4 is 0 Å². The Labute approximate surface area is 82.2 Å². The highest BCUT2D eigenvalue weighted by atomic mass is 16.2. The number of rotatable bonds is 2. The fraction of sp³-hybridized carbons (Fsp3) is 0.400. The summed E-state index contributed by atoms with van der Waals surface area (Å²) in [5.74, 6) is 0. The van der Waals surface area contributed by atoms with Gasteiger partial charge in [-0.15, -0.1) is 0 Å². The molecule has 0 fully saturated rings. The van der Waals surface area contributed by atoms with Gasteiger partial charge in [0.1, 0.15) is 0 Å². The zero-order valence-electron chi connectivity index (χ0n) is 8.36. The number of aryl methyl sites for hydroxylation is 2. The molecular weight excluding hydrogens is 178 g/mol. The van der Waals surface area contributed by atoms with Gasteiger partial charge in [-0.05, 0) is 26.3 Å². The van der Waals surface area contributed by atoms with Gasteiger partial charge in [0.15, 0.2) is 5.65 Å². The molecule has 14 heavy (non-hydrogen) atoms. The summed E-state index contributed by atoms with van der Waals surface area (Å²) in [6.07, 6.45) is 2.52. The summed E-state index contributed by atoms with van der Waals surface area (Å²) in [7, 11) is 0. The van der Waals surface area contributed by atoms with E-state index in [4.69, 9.17) is 5.11 Å². The van der Waals surface area contributed by atoms with Gasteiger partial charge in [-0.2, -0.15) is 5.10 Å². The topological polar surface area (TPSA) is 50.4 Å². The Balaban J connectivity index is 2.66. The third-order valence-corrected chi connectivity index (χ3v) is 2.13. The van der Waals surface area contributed by atoms with Crippen LogP contribution in [0.15, 0.2) is 12.3 Å². The van der Waals surface area contributed by atoms with E-state index in [9.17, 15) is 0 Å². The molecule has 74 valence electrons. The molecule has 0 aromatic carbocycles. The van der Waals surface area contributed by atoms with Crippen molar-refractivity contribution in [1.82, 2.24) is 14.6 Å². The first kappa shape index (κ1) is 9.15. The predicted molar refractivity (Wildman–Crippen MR) is 53.3 cm³/mol. The first-order valence-corrected chi connectivity index (χ1v) is 4.64. The van der Waals surface area contributed by atoms with Crippen molar-refractivity contribution in [1.29, 1.82) is 0 Å². The lowest BCUT2D eigenvalue weighted by Gasteiger charge is -2.02. The summed E-state index contributed by atoms with van der Waals surface area (Å²) in [4.78, 5) is 4.36. The van der Waals surface area contributed by atoms with Crippen LogP contribution in [0.5, 0.6) is 0 Å². The third kappa shape index (κ3) is 1.48. The van der Waals surface area contributed by atoms with Crippen molar-refractivity contribution in [2.75, 3.05) is 6.61 Å². The number of hydrogen-bond acceptors (Lipinski definition) is 3. The first-order chi connectivity index (χ1) is 6.70. The molecule has 1 N–H and O–H groups in total. The lowest BCUT2D eigenvalue weighted by molar-refractivity contribution is 0.299. The van der Waals surface area contributed by atoms with E-state index < -0.39 is 0 Å². The minimum atomic E-state index is 0.144. The van der Waals surface area contributed by atoms with E-state index in [1.807, 2.05) is 26.1 Å². The average Bonchev–Trinajstić information content (AvgIpc) is 2.45. The van der Waals surface area contributed by atoms with Gasteiger partial charge >= 0.3 is 0 Å². The number of aliphatic hydroxyl groups excluding tert-OH is 1. The van der Waals surface area contributed by atoms with E-state index in [0.29, 0.717) is 6.42 Å². The summed E-state index contributed by atoms with van der Waals surface area (Å²) in [5, 5.41) is 13.2. The molecule has 2 aromatic rings. The zero-order valence-corrected chi connectivity index (χ0v) is 8.36. The molecule has 0 atom stereocenters. The Kier molecular flexibility index (Phi) is 2.21. The van der Waals surface area contributed by atoms with Crippen LogP contribution in [0.25, 0.3) is 5.65 Å². The van der Waals surface area contributed by atoms with Crippen LogP contribution in [0.3, 0.4) is 0 Å². The molecule has 0 aliphatic carbocycles. The second-order valence-electron chi connectivity index (χ2n) is 3.44. The van der Waals surface area contributed by atoms with Crippen LogP contribution in [-0.4, -0.2) is 26.3 Å². The standard InChI is InChI=1S/C10H13N3O/c1-7-5-9(3-4-14)10-11-8(2)6-13(10)12-7/h5-6,14H,3-4H2,1-2H3. The molecule has 0 spiro atoms. The number of aromatic nitrogens is 3. The summed E-state index contributed by atoms with van der Waals surface area (Å²) in [6.45, 7) is 4.02. The van der Waals surface area contributed by atoms with Crippen molar-refractivity contribution in [3.05, 3.63) is 29.2 Å². The summed E-state index contributed by atoms with van der Waals surface area (Å²) in [5.41, 5.74) is 3.79. The molecule has 4 heteroatoms. The number of nitrogens with zero attached hydrogens (tertiary/aromatic N) is 3. The molecular formula is C10H13N3O. The van der Waals surface area contributed by atoms with Crippen molar-refractivity contribution in [2.45, 2.75) is 20.3 Å². The predicted octanol–water partition coefficient (Wildman–Crippen LogP) is 0.881. The van der Waals surface area contributed by atoms with Crippen LogP contribution in [-0.2, 0) is 6.42 Å². The minimum Gasteiger partial charge on any atom is -0.396 e. The molecule has 0 aliphatic rings. The van der Waals surface area contributed by atoms with E-state index >= 15 is 0 Å². The maximum absolute atomic E-state index is 8.92. The van der Waals surface area contributed by atoms with E-state index in [0.717, 1.165) is 22.6 Å². The molecule has 0 aliphatic heterocycles. The second kappa shape index (κ2) is 3.38. The second-order valence-corrected chi connectivity index (χ2v) is 3.44. The molecule has 0 radical (unpaired) electrons. The van der Waals surface area contributed by atoms with Gasteiger partial charge in [0.2, 0.25) is 0 Å². The quantitative estimate of drug-likeness (QED) is 0.766. The van der Waals surface area contributed by atoms with Crippen molar-refractivity contribution in [3.8, 4) is 0 Å². The largest absolute Gasteiger partial charge is 0.396 e. The van der Waals surface area contributed by atoms with Crippen molar-refractivity contribution < 1.29 is 5.11 Å². The highest BCUT2D eigenvalue weighted by Crippen LogP contribution is 2.11. The summed E-state index contributed by atoms with van der Waals surface area (Å²) < 4.78 is 1.77. The van der Waals surface area contributed by atoms with Crippen LogP contribution in [0.1, 0.15) is 17.0 Å². The van der Waals surface area contributed by atoms with Crippen molar-refractivity contribution >= 4 is 5.65 Å². The SMILES string of the molecule is Cc1cn2nc(C)cc(CCO)c2n1. The Morgan fingerprint density at radius 2 is 2.14 bits per heavy atom. The van der Waals surface area contributed by atoms with Gasteiger partial charge in [0.25, 0.3) is 0 Å². The molecule has 2 rings (SSSR count). The maximum atomic E-state index is 8.92. The van der Waals surface area contributed by atoms with Crippen LogP contribution in [0.2, 0.25) is 0 Å². The molecule has 0 saturated heterocycles. The summed E-state index contributed by atoms with van der Waals surface area (Å²) in [6, 6.07) is 1.97. The molecule has 0 saturated carbocycles. The van der Waals surface area contributed by atoms with Gasteiger partial charge in [0.05, 0.1) is 17.6 Å². The molecule has 0 amide bonds. The Bertz CT molecular complexity index is 462. The lowest BCUT2D eigenvalue weighted by atomic mass is 10.2. The zero-order chi connectivity index (χ0) is 10.1. The van der Waals surface area contributed by atoms with Gasteiger partial charge in [-0.3, -0.25) is 0 Å². The Morgan fingerprint density at radius 3 is 2.86 bits per heavy atom. The van der Waals surface area contributed by atoms with Crippen LogP contribution in [0, 0.1) is 13.8 Å². The molecule has 2 heterocycles. The van der Waals surface area contributed by atoms with Gasteiger partial charge in [-0.25, -0.2) is 9.50 Å². The fourth-order valence-electron chi connectivity index (χ4n) is 1.60. The Morgan fingerprint density at radius 1 is 1.36 bits per heavy atom. The number of aliphatic hydroxyl groups is 1. The monoisotopic (exact) mass is 191 g/mol. The summed E-state index contributed by atoms with van der Waals surface area (Å²) >= 11 is 0. The van der Waals surface area contributed by atoms with E-state index in [2.05, 4.69) is 10.1 Å². The Hall–Kier alpha value is -1.42. The molecule has 0 unspecified atom stereocenters. The maximum Gasteiger partial charge on any atom is 0.157 e. The number of imidazole rings is 1. The normalized spacial score (nSPS) is 11.1. The van der Waals surface area contributed by atoms with E-state index in [-0.39, 0.29) is 6.61 Å². The van der Waals surface area contributed by atoms with Crippen molar-refractivity contribution in [3.63, 3.8) is 0 Å². The van der Waals surface area contributed by atoms with Crippen molar-refractivity contribution in [2.24, 2.45) is 0 Å².